The van der Waals surface area contributed by atoms with Crippen molar-refractivity contribution in [3.63, 3.8) is 0 Å². The molecule has 1 atom stereocenters. The number of rotatable bonds is 5. The van der Waals surface area contributed by atoms with Crippen molar-refractivity contribution in [2.75, 3.05) is 5.32 Å². The van der Waals surface area contributed by atoms with E-state index in [-0.39, 0.29) is 17.2 Å². The number of carbonyl (C=O) groups excluding carboxylic acids is 1. The molecule has 0 saturated carbocycles. The molecule has 3 rings (SSSR count). The molecule has 1 unspecified atom stereocenters. The Balaban J connectivity index is 1.68. The van der Waals surface area contributed by atoms with Gasteiger partial charge in [-0.05, 0) is 31.2 Å². The zero-order valence-electron chi connectivity index (χ0n) is 13.8. The van der Waals surface area contributed by atoms with Gasteiger partial charge in [-0.15, -0.1) is 10.2 Å². The number of nitrogens with one attached hydrogen (secondary N) is 2. The first-order valence-corrected chi connectivity index (χ1v) is 9.45. The van der Waals surface area contributed by atoms with Crippen LogP contribution in [-0.4, -0.2) is 26.3 Å². The lowest BCUT2D eigenvalue weighted by Gasteiger charge is -2.11. The second-order valence-electron chi connectivity index (χ2n) is 5.43. The Morgan fingerprint density at radius 2 is 1.81 bits per heavy atom. The molecule has 0 fully saturated rings. The van der Waals surface area contributed by atoms with Crippen molar-refractivity contribution in [1.29, 1.82) is 0 Å². The predicted molar refractivity (Wildman–Crippen MR) is 106 cm³/mol. The number of aromatic amines is 1. The van der Waals surface area contributed by atoms with Crippen LogP contribution in [0.2, 0.25) is 0 Å². The molecule has 3 aromatic rings. The fourth-order valence-corrected chi connectivity index (χ4v) is 3.16. The van der Waals surface area contributed by atoms with Gasteiger partial charge >= 0.3 is 0 Å². The summed E-state index contributed by atoms with van der Waals surface area (Å²) in [7, 11) is 0. The topological polar surface area (TPSA) is 87.7 Å². The Labute approximate surface area is 162 Å². The lowest BCUT2D eigenvalue weighted by atomic mass is 10.2. The van der Waals surface area contributed by atoms with Gasteiger partial charge in [0.25, 0.3) is 5.56 Å². The zero-order valence-corrected chi connectivity index (χ0v) is 16.2. The molecule has 0 aliphatic carbocycles. The Hall–Kier alpha value is -2.45. The second-order valence-corrected chi connectivity index (χ2v) is 7.68. The Bertz CT molecular complexity index is 961. The van der Waals surface area contributed by atoms with Gasteiger partial charge in [0.1, 0.15) is 0 Å². The first-order valence-electron chi connectivity index (χ1n) is 7.78. The van der Waals surface area contributed by atoms with Crippen molar-refractivity contribution in [3.05, 3.63) is 69.4 Å². The van der Waals surface area contributed by atoms with Gasteiger partial charge < -0.3 is 5.32 Å². The van der Waals surface area contributed by atoms with Crippen LogP contribution >= 0.6 is 27.7 Å². The number of nitrogens with zero attached hydrogens (tertiary/aromatic N) is 2. The highest BCUT2D eigenvalue weighted by atomic mass is 79.9. The Morgan fingerprint density at radius 1 is 1.12 bits per heavy atom. The van der Waals surface area contributed by atoms with Crippen LogP contribution in [0.1, 0.15) is 6.92 Å². The van der Waals surface area contributed by atoms with Gasteiger partial charge in [0.05, 0.1) is 5.25 Å². The molecule has 0 saturated heterocycles. The van der Waals surface area contributed by atoms with Crippen LogP contribution in [0.5, 0.6) is 0 Å². The average molecular weight is 431 g/mol. The Morgan fingerprint density at radius 3 is 2.46 bits per heavy atom. The van der Waals surface area contributed by atoms with Crippen molar-refractivity contribution >= 4 is 39.3 Å². The normalized spacial score (nSPS) is 11.8. The molecule has 0 radical (unpaired) electrons. The van der Waals surface area contributed by atoms with E-state index in [0.717, 1.165) is 16.2 Å². The summed E-state index contributed by atoms with van der Waals surface area (Å²) in [6, 6.07) is 16.4. The molecule has 2 N–H and O–H groups in total. The maximum atomic E-state index is 12.3. The number of carbonyl (C=O) groups is 1. The van der Waals surface area contributed by atoms with Crippen LogP contribution in [0.15, 0.2) is 69.0 Å². The molecule has 8 heteroatoms. The van der Waals surface area contributed by atoms with Gasteiger partial charge in [0.2, 0.25) is 5.91 Å². The molecule has 6 nitrogen and oxygen atoms in total. The van der Waals surface area contributed by atoms with E-state index in [4.69, 9.17) is 0 Å². The number of benzene rings is 2. The lowest BCUT2D eigenvalue weighted by molar-refractivity contribution is -0.115. The summed E-state index contributed by atoms with van der Waals surface area (Å²) in [5.41, 5.74) is 1.31. The van der Waals surface area contributed by atoms with Gasteiger partial charge in [-0.1, -0.05) is 58.0 Å². The fourth-order valence-electron chi connectivity index (χ4n) is 2.16. The summed E-state index contributed by atoms with van der Waals surface area (Å²) >= 11 is 4.49. The summed E-state index contributed by atoms with van der Waals surface area (Å²) < 4.78 is 0.935. The third-order valence-corrected chi connectivity index (χ3v) is 5.00. The highest BCUT2D eigenvalue weighted by Gasteiger charge is 2.17. The molecule has 1 heterocycles. The minimum Gasteiger partial charge on any atom is -0.325 e. The van der Waals surface area contributed by atoms with Gasteiger partial charge in [-0.2, -0.15) is 0 Å². The third kappa shape index (κ3) is 4.59. The van der Waals surface area contributed by atoms with Gasteiger partial charge in [-0.25, -0.2) is 0 Å². The minimum absolute atomic E-state index is 0.188. The van der Waals surface area contributed by atoms with E-state index in [0.29, 0.717) is 16.4 Å². The molecule has 1 amide bonds. The molecule has 0 bridgehead atoms. The second kappa shape index (κ2) is 8.29. The van der Waals surface area contributed by atoms with Crippen molar-refractivity contribution in [1.82, 2.24) is 15.2 Å². The summed E-state index contributed by atoms with van der Waals surface area (Å²) in [6.07, 6.45) is 0. The largest absolute Gasteiger partial charge is 0.325 e. The number of aromatic nitrogens is 3. The molecule has 2 aromatic carbocycles. The first kappa shape index (κ1) is 18.3. The first-order chi connectivity index (χ1) is 12.5. The highest BCUT2D eigenvalue weighted by Crippen LogP contribution is 2.21. The van der Waals surface area contributed by atoms with E-state index in [1.807, 2.05) is 30.3 Å². The summed E-state index contributed by atoms with van der Waals surface area (Å²) in [5.74, 6) is -0.188. The van der Waals surface area contributed by atoms with Crippen LogP contribution in [0.25, 0.3) is 11.3 Å². The van der Waals surface area contributed by atoms with Gasteiger partial charge in [0, 0.05) is 15.7 Å². The summed E-state index contributed by atoms with van der Waals surface area (Å²) in [6.45, 7) is 1.74. The van der Waals surface area contributed by atoms with Gasteiger partial charge in [-0.3, -0.25) is 14.6 Å². The van der Waals surface area contributed by atoms with Crippen LogP contribution in [0, 0.1) is 0 Å². The van der Waals surface area contributed by atoms with E-state index in [1.165, 1.54) is 0 Å². The predicted octanol–water partition coefficient (Wildman–Crippen LogP) is 3.71. The van der Waals surface area contributed by atoms with Crippen molar-refractivity contribution in [3.8, 4) is 11.3 Å². The van der Waals surface area contributed by atoms with E-state index in [9.17, 15) is 9.59 Å². The fraction of sp³-hybridized carbons (Fsp3) is 0.111. The zero-order chi connectivity index (χ0) is 18.5. The molecular formula is C18H15BrN4O2S. The van der Waals surface area contributed by atoms with Crippen molar-refractivity contribution in [2.45, 2.75) is 17.3 Å². The standard InChI is InChI=1S/C18H15BrN4O2S/c1-11(16(24)20-14-9-7-13(19)8-10-14)26-18-21-17(25)15(22-23-18)12-5-3-2-4-6-12/h2-11H,1H3,(H,20,24)(H,21,23,25). The third-order valence-electron chi connectivity index (χ3n) is 3.49. The van der Waals surface area contributed by atoms with Crippen LogP contribution < -0.4 is 10.9 Å². The van der Waals surface area contributed by atoms with Crippen molar-refractivity contribution < 1.29 is 4.79 Å². The highest BCUT2D eigenvalue weighted by molar-refractivity contribution is 9.10. The summed E-state index contributed by atoms with van der Waals surface area (Å²) in [4.78, 5) is 27.2. The SMILES string of the molecule is CC(Sc1nnc(-c2ccccc2)c(=O)[nH]1)C(=O)Nc1ccc(Br)cc1. The average Bonchev–Trinajstić information content (AvgIpc) is 2.64. The molecular weight excluding hydrogens is 416 g/mol. The number of hydrogen-bond donors (Lipinski definition) is 2. The molecule has 1 aromatic heterocycles. The van der Waals surface area contributed by atoms with Gasteiger partial charge in [0.15, 0.2) is 10.9 Å². The van der Waals surface area contributed by atoms with Crippen LogP contribution in [0.4, 0.5) is 5.69 Å². The van der Waals surface area contributed by atoms with E-state index in [1.54, 1.807) is 31.2 Å². The maximum absolute atomic E-state index is 12.3. The maximum Gasteiger partial charge on any atom is 0.278 e. The van der Waals surface area contributed by atoms with E-state index in [2.05, 4.69) is 36.4 Å². The number of H-pyrrole nitrogens is 1. The number of thioether (sulfide) groups is 1. The number of halogens is 1. The Kier molecular flexibility index (Phi) is 5.85. The van der Waals surface area contributed by atoms with E-state index >= 15 is 0 Å². The molecule has 132 valence electrons. The molecule has 26 heavy (non-hydrogen) atoms. The minimum atomic E-state index is -0.453. The molecule has 0 spiro atoms. The monoisotopic (exact) mass is 430 g/mol. The summed E-state index contributed by atoms with van der Waals surface area (Å²) in [5, 5.41) is 10.7. The molecule has 0 aliphatic rings. The van der Waals surface area contributed by atoms with Crippen LogP contribution in [0.3, 0.4) is 0 Å². The quantitative estimate of drug-likeness (QED) is 0.602. The molecule has 0 aliphatic heterocycles. The smallest absolute Gasteiger partial charge is 0.278 e. The number of anilines is 1. The van der Waals surface area contributed by atoms with Crippen LogP contribution in [-0.2, 0) is 4.79 Å². The van der Waals surface area contributed by atoms with Crippen molar-refractivity contribution in [2.24, 2.45) is 0 Å². The lowest BCUT2D eigenvalue weighted by Crippen LogP contribution is -2.23. The number of hydrogen-bond acceptors (Lipinski definition) is 5. The number of amides is 1. The van der Waals surface area contributed by atoms with E-state index < -0.39 is 5.25 Å².